The van der Waals surface area contributed by atoms with Crippen LogP contribution in [0, 0.1) is 5.92 Å². The van der Waals surface area contributed by atoms with Crippen LogP contribution in [0.25, 0.3) is 0 Å². The molecule has 0 rings (SSSR count). The molecule has 106 heavy (non-hydrogen) atoms. The molecule has 0 radical (unpaired) electrons. The average molecular weight is 1550 g/mol. The van der Waals surface area contributed by atoms with Gasteiger partial charge in [-0.15, -0.1) is 0 Å². The minimum Gasteiger partial charge on any atom is -0.462 e. The third kappa shape index (κ3) is 79.6. The van der Waals surface area contributed by atoms with Crippen molar-refractivity contribution >= 4 is 39.5 Å². The van der Waals surface area contributed by atoms with Gasteiger partial charge in [0, 0.05) is 25.7 Å². The number of phosphoric acid groups is 2. The van der Waals surface area contributed by atoms with Gasteiger partial charge in [-0.05, 0) is 57.3 Å². The molecule has 626 valence electrons. The molecule has 0 aliphatic rings. The molecule has 0 heterocycles. The molecule has 0 aromatic heterocycles. The zero-order valence-corrected chi connectivity index (χ0v) is 70.9. The van der Waals surface area contributed by atoms with Gasteiger partial charge < -0.3 is 33.8 Å². The maximum atomic E-state index is 13.2. The van der Waals surface area contributed by atoms with Crippen molar-refractivity contribution in [3.05, 3.63) is 24.3 Å². The first-order valence-corrected chi connectivity index (χ1v) is 47.4. The summed E-state index contributed by atoms with van der Waals surface area (Å²) in [6, 6.07) is 0. The molecule has 0 amide bonds. The minimum absolute atomic E-state index is 0.0858. The van der Waals surface area contributed by atoms with Crippen LogP contribution in [0.5, 0.6) is 0 Å². The lowest BCUT2D eigenvalue weighted by Crippen LogP contribution is -2.30. The van der Waals surface area contributed by atoms with Gasteiger partial charge in [-0.25, -0.2) is 9.13 Å². The van der Waals surface area contributed by atoms with Gasteiger partial charge in [-0.1, -0.05) is 393 Å². The number of allylic oxidation sites excluding steroid dienone is 4. The Bertz CT molecular complexity index is 2110. The van der Waals surface area contributed by atoms with Crippen LogP contribution >= 0.6 is 15.6 Å². The van der Waals surface area contributed by atoms with Crippen LogP contribution in [0.3, 0.4) is 0 Å². The summed E-state index contributed by atoms with van der Waals surface area (Å²) in [5, 5.41) is 10.7. The van der Waals surface area contributed by atoms with Gasteiger partial charge >= 0.3 is 39.5 Å². The fourth-order valence-electron chi connectivity index (χ4n) is 13.1. The smallest absolute Gasteiger partial charge is 0.462 e. The lowest BCUT2D eigenvalue weighted by atomic mass is 10.0. The van der Waals surface area contributed by atoms with E-state index in [4.69, 9.17) is 37.0 Å². The Balaban J connectivity index is 5.25. The number of hydrogen-bond donors (Lipinski definition) is 3. The fraction of sp³-hybridized carbons (Fsp3) is 0.908. The highest BCUT2D eigenvalue weighted by Gasteiger charge is 2.30. The number of aliphatic hydroxyl groups excluding tert-OH is 1. The molecule has 19 heteroatoms. The van der Waals surface area contributed by atoms with E-state index in [0.717, 1.165) is 109 Å². The highest BCUT2D eigenvalue weighted by atomic mass is 31.2. The normalized spacial score (nSPS) is 13.9. The molecule has 5 atom stereocenters. The van der Waals surface area contributed by atoms with E-state index >= 15 is 0 Å². The first kappa shape index (κ1) is 104. The molecular weight excluding hydrogens is 1380 g/mol. The molecule has 0 saturated carbocycles. The number of carbonyl (C=O) groups excluding carboxylic acids is 4. The molecule has 0 aliphatic carbocycles. The van der Waals surface area contributed by atoms with Crippen molar-refractivity contribution in [3.8, 4) is 0 Å². The second kappa shape index (κ2) is 79.2. The largest absolute Gasteiger partial charge is 0.472 e. The Morgan fingerprint density at radius 3 is 0.774 bits per heavy atom. The monoisotopic (exact) mass is 1550 g/mol. The molecule has 2 unspecified atom stereocenters. The van der Waals surface area contributed by atoms with E-state index in [1.165, 1.54) is 257 Å². The van der Waals surface area contributed by atoms with Crippen LogP contribution in [0.15, 0.2) is 24.3 Å². The molecule has 0 bridgehead atoms. The van der Waals surface area contributed by atoms with Gasteiger partial charge in [0.25, 0.3) is 0 Å². The number of carbonyl (C=O) groups is 4. The Morgan fingerprint density at radius 1 is 0.292 bits per heavy atom. The number of phosphoric ester groups is 2. The summed E-state index contributed by atoms with van der Waals surface area (Å²) in [4.78, 5) is 73.2. The average Bonchev–Trinajstić information content (AvgIpc) is 0.903. The summed E-state index contributed by atoms with van der Waals surface area (Å²) >= 11 is 0. The van der Waals surface area contributed by atoms with Gasteiger partial charge in [-0.3, -0.25) is 37.3 Å². The van der Waals surface area contributed by atoms with Gasteiger partial charge in [0.1, 0.15) is 19.3 Å². The van der Waals surface area contributed by atoms with Crippen molar-refractivity contribution in [2.45, 2.75) is 464 Å². The predicted octanol–water partition coefficient (Wildman–Crippen LogP) is 26.3. The number of rotatable bonds is 85. The molecule has 0 fully saturated rings. The van der Waals surface area contributed by atoms with E-state index in [0.29, 0.717) is 25.7 Å². The summed E-state index contributed by atoms with van der Waals surface area (Å²) in [5.41, 5.74) is 0. The third-order valence-electron chi connectivity index (χ3n) is 19.9. The Morgan fingerprint density at radius 2 is 0.509 bits per heavy atom. The van der Waals surface area contributed by atoms with Crippen molar-refractivity contribution < 1.29 is 80.2 Å². The Kier molecular flexibility index (Phi) is 77.4. The maximum absolute atomic E-state index is 13.2. The number of esters is 4. The van der Waals surface area contributed by atoms with E-state index in [1.54, 1.807) is 0 Å². The molecule has 0 saturated heterocycles. The highest BCUT2D eigenvalue weighted by Crippen LogP contribution is 2.45. The standard InChI is InChI=1S/C87H166O17P2/c1-6-9-12-15-18-21-24-26-28-29-30-31-32-33-34-38-43-48-53-58-63-68-73-87(92)104-83(77-98-85(90)71-66-61-56-51-46-41-39-35-37-40-45-49-54-59-64-69-80(4)5)79-102-106(95,96)100-75-81(88)74-99-105(93,94)101-78-82(76-97-84(89)70-65-60-55-50-44-23-20-17-14-11-8-3)103-86(91)72-67-62-57-52-47-42-36-27-25-22-19-16-13-10-7-2/h22,25,27,36,80-83,88H,6-21,23-24,26,28-35,37-79H2,1-5H3,(H,93,94)(H,95,96)/b25-22-,36-27-/t81-,82+,83+/m0/s1. The SMILES string of the molecule is CCCCCC/C=C\C=C/CCCCCCCC(=O)O[C@H](COC(=O)CCCCCCCCCCCCC)COP(=O)(O)OC[C@H](O)COP(=O)(O)OC[C@@H](COC(=O)CCCCCCCCCCCCCCCCCC(C)C)OC(=O)CCCCCCCCCCCCCCCCCCCCCCCC. The first-order chi connectivity index (χ1) is 51.5. The molecule has 3 N–H and O–H groups in total. The summed E-state index contributed by atoms with van der Waals surface area (Å²) in [6.45, 7) is 7.32. The van der Waals surface area contributed by atoms with E-state index < -0.39 is 97.5 Å². The first-order valence-electron chi connectivity index (χ1n) is 44.5. The van der Waals surface area contributed by atoms with Crippen molar-refractivity contribution in [1.29, 1.82) is 0 Å². The van der Waals surface area contributed by atoms with Crippen LogP contribution < -0.4 is 0 Å². The zero-order chi connectivity index (χ0) is 77.6. The summed E-state index contributed by atoms with van der Waals surface area (Å²) in [6.07, 6.45) is 75.8. The lowest BCUT2D eigenvalue weighted by Gasteiger charge is -2.21. The van der Waals surface area contributed by atoms with E-state index in [-0.39, 0.29) is 25.7 Å². The number of ether oxygens (including phenoxy) is 4. The minimum atomic E-state index is -4.97. The number of unbranched alkanes of at least 4 members (excludes halogenated alkanes) is 54. The molecule has 0 spiro atoms. The van der Waals surface area contributed by atoms with Crippen molar-refractivity contribution in [2.75, 3.05) is 39.6 Å². The number of hydrogen-bond acceptors (Lipinski definition) is 15. The van der Waals surface area contributed by atoms with E-state index in [2.05, 4.69) is 58.9 Å². The van der Waals surface area contributed by atoms with Crippen LogP contribution in [0.4, 0.5) is 0 Å². The second-order valence-corrected chi connectivity index (χ2v) is 34.0. The third-order valence-corrected chi connectivity index (χ3v) is 21.8. The van der Waals surface area contributed by atoms with Gasteiger partial charge in [0.2, 0.25) is 0 Å². The van der Waals surface area contributed by atoms with Crippen molar-refractivity contribution in [2.24, 2.45) is 5.92 Å². The highest BCUT2D eigenvalue weighted by molar-refractivity contribution is 7.47. The molecule has 0 aliphatic heterocycles. The topological polar surface area (TPSA) is 237 Å². The summed E-state index contributed by atoms with van der Waals surface area (Å²) in [7, 11) is -9.94. The van der Waals surface area contributed by atoms with Crippen LogP contribution in [0.2, 0.25) is 0 Å². The number of aliphatic hydroxyl groups is 1. The quantitative estimate of drug-likeness (QED) is 0.0169. The second-order valence-electron chi connectivity index (χ2n) is 31.1. The van der Waals surface area contributed by atoms with Gasteiger partial charge in [0.05, 0.1) is 26.4 Å². The maximum Gasteiger partial charge on any atom is 0.472 e. The molecule has 0 aromatic carbocycles. The summed E-state index contributed by atoms with van der Waals surface area (Å²) in [5.74, 6) is -1.32. The van der Waals surface area contributed by atoms with E-state index in [1.807, 2.05) is 0 Å². The summed E-state index contributed by atoms with van der Waals surface area (Å²) < 4.78 is 68.9. The molecule has 17 nitrogen and oxygen atoms in total. The van der Waals surface area contributed by atoms with Crippen LogP contribution in [-0.4, -0.2) is 96.7 Å². The van der Waals surface area contributed by atoms with Gasteiger partial charge in [0.15, 0.2) is 12.2 Å². The Hall–Kier alpha value is -2.46. The molecule has 0 aromatic rings. The van der Waals surface area contributed by atoms with E-state index in [9.17, 15) is 43.2 Å². The van der Waals surface area contributed by atoms with Crippen molar-refractivity contribution in [3.63, 3.8) is 0 Å². The molecular formula is C87H166O17P2. The van der Waals surface area contributed by atoms with Crippen molar-refractivity contribution in [1.82, 2.24) is 0 Å². The predicted molar refractivity (Wildman–Crippen MR) is 437 cm³/mol. The Labute approximate surface area is 650 Å². The van der Waals surface area contributed by atoms with Gasteiger partial charge in [-0.2, -0.15) is 0 Å². The fourth-order valence-corrected chi connectivity index (χ4v) is 14.7. The lowest BCUT2D eigenvalue weighted by molar-refractivity contribution is -0.161. The van der Waals surface area contributed by atoms with Crippen LogP contribution in [-0.2, 0) is 65.4 Å². The van der Waals surface area contributed by atoms with Crippen LogP contribution in [0.1, 0.15) is 446 Å². The zero-order valence-electron chi connectivity index (χ0n) is 69.1.